The van der Waals surface area contributed by atoms with Crippen LogP contribution >= 0.6 is 24.8 Å². The van der Waals surface area contributed by atoms with Gasteiger partial charge in [-0.05, 0) is 17.7 Å². The molecule has 1 amide bonds. The van der Waals surface area contributed by atoms with Gasteiger partial charge in [0.2, 0.25) is 5.91 Å². The molecule has 0 aromatic heterocycles. The van der Waals surface area contributed by atoms with Crippen molar-refractivity contribution in [2.45, 2.75) is 12.0 Å². The molecule has 2 aliphatic heterocycles. The number of rotatable bonds is 4. The van der Waals surface area contributed by atoms with Crippen molar-refractivity contribution < 1.29 is 9.18 Å². The fourth-order valence-electron chi connectivity index (χ4n) is 4.29. The van der Waals surface area contributed by atoms with E-state index in [1.165, 1.54) is 11.6 Å². The van der Waals surface area contributed by atoms with E-state index in [1.54, 1.807) is 12.1 Å². The van der Waals surface area contributed by atoms with Crippen molar-refractivity contribution in [2.75, 3.05) is 50.7 Å². The highest BCUT2D eigenvalue weighted by Crippen LogP contribution is 2.26. The Labute approximate surface area is 189 Å². The van der Waals surface area contributed by atoms with Gasteiger partial charge in [-0.3, -0.25) is 9.69 Å². The molecular weight excluding hydrogens is 426 g/mol. The molecule has 2 fully saturated rings. The number of para-hydroxylation sites is 1. The molecule has 2 aromatic carbocycles. The summed E-state index contributed by atoms with van der Waals surface area (Å²) in [7, 11) is 0. The molecule has 8 heteroatoms. The van der Waals surface area contributed by atoms with E-state index in [0.29, 0.717) is 38.4 Å². The summed E-state index contributed by atoms with van der Waals surface area (Å²) in [5.41, 5.74) is 8.20. The third-order valence-corrected chi connectivity index (χ3v) is 5.85. The average Bonchev–Trinajstić information content (AvgIpc) is 3.09. The van der Waals surface area contributed by atoms with E-state index in [-0.39, 0.29) is 48.5 Å². The van der Waals surface area contributed by atoms with Crippen molar-refractivity contribution in [3.05, 3.63) is 66.0 Å². The number of amides is 1. The topological polar surface area (TPSA) is 52.8 Å². The number of carbonyl (C=O) groups is 1. The lowest BCUT2D eigenvalue weighted by atomic mass is 9.95. The molecule has 0 unspecified atom stereocenters. The minimum atomic E-state index is -0.208. The zero-order valence-corrected chi connectivity index (χ0v) is 18.5. The van der Waals surface area contributed by atoms with Gasteiger partial charge in [-0.1, -0.05) is 42.5 Å². The van der Waals surface area contributed by atoms with E-state index in [9.17, 15) is 9.18 Å². The molecule has 0 saturated carbocycles. The van der Waals surface area contributed by atoms with Gasteiger partial charge in [-0.2, -0.15) is 0 Å². The Morgan fingerprint density at radius 3 is 2.23 bits per heavy atom. The van der Waals surface area contributed by atoms with E-state index < -0.39 is 0 Å². The van der Waals surface area contributed by atoms with Gasteiger partial charge in [0.15, 0.2) is 0 Å². The van der Waals surface area contributed by atoms with Crippen LogP contribution in [0.1, 0.15) is 11.5 Å². The third-order valence-electron chi connectivity index (χ3n) is 5.85. The van der Waals surface area contributed by atoms with Gasteiger partial charge in [0, 0.05) is 51.2 Å². The summed E-state index contributed by atoms with van der Waals surface area (Å²) in [5.74, 6) is 0.196. The molecular formula is C22H29Cl2FN4O. The maximum Gasteiger partial charge on any atom is 0.236 e. The molecule has 0 aliphatic carbocycles. The molecule has 2 aromatic rings. The lowest BCUT2D eigenvalue weighted by molar-refractivity contribution is -0.132. The van der Waals surface area contributed by atoms with Crippen molar-refractivity contribution >= 4 is 36.4 Å². The zero-order chi connectivity index (χ0) is 19.5. The van der Waals surface area contributed by atoms with Gasteiger partial charge in [0.1, 0.15) is 5.82 Å². The Morgan fingerprint density at radius 2 is 1.57 bits per heavy atom. The van der Waals surface area contributed by atoms with Crippen LogP contribution < -0.4 is 10.6 Å². The van der Waals surface area contributed by atoms with Crippen molar-refractivity contribution in [1.29, 1.82) is 0 Å². The largest absolute Gasteiger partial charge is 0.366 e. The number of benzene rings is 2. The van der Waals surface area contributed by atoms with Crippen LogP contribution in [0.5, 0.6) is 0 Å². The predicted octanol–water partition coefficient (Wildman–Crippen LogP) is 2.74. The molecule has 2 N–H and O–H groups in total. The van der Waals surface area contributed by atoms with Crippen LogP contribution in [-0.4, -0.2) is 67.6 Å². The second-order valence-electron chi connectivity index (χ2n) is 7.69. The van der Waals surface area contributed by atoms with Crippen LogP contribution in [0.25, 0.3) is 0 Å². The summed E-state index contributed by atoms with van der Waals surface area (Å²) in [6.07, 6.45) is 0. The van der Waals surface area contributed by atoms with E-state index in [4.69, 9.17) is 5.73 Å². The number of nitrogens with zero attached hydrogens (tertiary/aromatic N) is 3. The van der Waals surface area contributed by atoms with Crippen LogP contribution in [0.2, 0.25) is 0 Å². The Bertz CT molecular complexity index is 818. The number of piperazine rings is 1. The highest BCUT2D eigenvalue weighted by atomic mass is 35.5. The van der Waals surface area contributed by atoms with Crippen LogP contribution in [-0.2, 0) is 4.79 Å². The first-order chi connectivity index (χ1) is 13.6. The maximum atomic E-state index is 14.0. The smallest absolute Gasteiger partial charge is 0.236 e. The molecule has 2 saturated heterocycles. The summed E-state index contributed by atoms with van der Waals surface area (Å²) in [6.45, 7) is 4.49. The summed E-state index contributed by atoms with van der Waals surface area (Å²) in [6, 6.07) is 17.2. The quantitative estimate of drug-likeness (QED) is 0.771. The SMILES string of the molecule is Cl.Cl.N[C@@H]1CN(CC(=O)N2CCN(c3ccccc3F)CC2)C[C@H]1c1ccccc1. The summed E-state index contributed by atoms with van der Waals surface area (Å²) in [4.78, 5) is 18.8. The molecule has 164 valence electrons. The van der Waals surface area contributed by atoms with Gasteiger partial charge in [0.05, 0.1) is 12.2 Å². The van der Waals surface area contributed by atoms with Crippen LogP contribution in [0.15, 0.2) is 54.6 Å². The van der Waals surface area contributed by atoms with Gasteiger partial charge in [0.25, 0.3) is 0 Å². The summed E-state index contributed by atoms with van der Waals surface area (Å²) < 4.78 is 14.0. The van der Waals surface area contributed by atoms with Gasteiger partial charge in [-0.15, -0.1) is 24.8 Å². The van der Waals surface area contributed by atoms with E-state index in [1.807, 2.05) is 34.1 Å². The lowest BCUT2D eigenvalue weighted by Gasteiger charge is -2.36. The standard InChI is InChI=1S/C22H27FN4O.2ClH/c23-19-8-4-5-9-21(19)26-10-12-27(13-11-26)22(28)16-25-14-18(20(24)15-25)17-6-2-1-3-7-17;;/h1-9,18,20H,10-16,24H2;2*1H/t18-,20+;;/m0../s1. The first-order valence-corrected chi connectivity index (χ1v) is 9.92. The van der Waals surface area contributed by atoms with Gasteiger partial charge >= 0.3 is 0 Å². The fraction of sp³-hybridized carbons (Fsp3) is 0.409. The van der Waals surface area contributed by atoms with Crippen LogP contribution in [0.3, 0.4) is 0 Å². The number of hydrogen-bond acceptors (Lipinski definition) is 4. The molecule has 0 spiro atoms. The highest BCUT2D eigenvalue weighted by Gasteiger charge is 2.33. The van der Waals surface area contributed by atoms with E-state index in [2.05, 4.69) is 17.0 Å². The maximum absolute atomic E-state index is 14.0. The van der Waals surface area contributed by atoms with Gasteiger partial charge < -0.3 is 15.5 Å². The molecule has 2 aliphatic rings. The van der Waals surface area contributed by atoms with E-state index in [0.717, 1.165) is 13.1 Å². The molecule has 0 bridgehead atoms. The van der Waals surface area contributed by atoms with Crippen LogP contribution in [0.4, 0.5) is 10.1 Å². The fourth-order valence-corrected chi connectivity index (χ4v) is 4.29. The predicted molar refractivity (Wildman–Crippen MR) is 123 cm³/mol. The Balaban J connectivity index is 0.00000160. The third kappa shape index (κ3) is 5.43. The normalized spacial score (nSPS) is 21.7. The first kappa shape index (κ1) is 24.4. The van der Waals surface area contributed by atoms with Crippen molar-refractivity contribution in [1.82, 2.24) is 9.80 Å². The van der Waals surface area contributed by atoms with E-state index >= 15 is 0 Å². The molecule has 0 radical (unpaired) electrons. The second-order valence-corrected chi connectivity index (χ2v) is 7.69. The van der Waals surface area contributed by atoms with Crippen LogP contribution in [0, 0.1) is 5.82 Å². The number of hydrogen-bond donors (Lipinski definition) is 1. The Hall–Kier alpha value is -1.86. The first-order valence-electron chi connectivity index (χ1n) is 9.92. The average molecular weight is 455 g/mol. The Kier molecular flexibility index (Phi) is 8.92. The van der Waals surface area contributed by atoms with Crippen molar-refractivity contribution in [3.8, 4) is 0 Å². The number of carbonyl (C=O) groups excluding carboxylic acids is 1. The molecule has 30 heavy (non-hydrogen) atoms. The minimum absolute atomic E-state index is 0. The zero-order valence-electron chi connectivity index (χ0n) is 16.8. The number of halogens is 3. The number of anilines is 1. The highest BCUT2D eigenvalue weighted by molar-refractivity contribution is 5.85. The summed E-state index contributed by atoms with van der Waals surface area (Å²) in [5, 5.41) is 0. The minimum Gasteiger partial charge on any atom is -0.366 e. The van der Waals surface area contributed by atoms with Crippen molar-refractivity contribution in [2.24, 2.45) is 5.73 Å². The molecule has 4 rings (SSSR count). The molecule has 5 nitrogen and oxygen atoms in total. The monoisotopic (exact) mass is 454 g/mol. The summed E-state index contributed by atoms with van der Waals surface area (Å²) >= 11 is 0. The van der Waals surface area contributed by atoms with Gasteiger partial charge in [-0.25, -0.2) is 4.39 Å². The molecule has 2 heterocycles. The number of likely N-dealkylation sites (tertiary alicyclic amines) is 1. The van der Waals surface area contributed by atoms with Crippen molar-refractivity contribution in [3.63, 3.8) is 0 Å². The lowest BCUT2D eigenvalue weighted by Crippen LogP contribution is -2.51. The second kappa shape index (κ2) is 11.0. The molecule has 2 atom stereocenters. The number of nitrogens with two attached hydrogens (primary N) is 1. The Morgan fingerprint density at radius 1 is 0.933 bits per heavy atom.